The van der Waals surface area contributed by atoms with Crippen molar-refractivity contribution in [1.29, 1.82) is 0 Å². The number of hydrogen-bond acceptors (Lipinski definition) is 1. The van der Waals surface area contributed by atoms with Crippen molar-refractivity contribution in [2.45, 2.75) is 19.9 Å². The fraction of sp³-hybridized carbons (Fsp3) is 0.333. The van der Waals surface area contributed by atoms with Crippen LogP contribution in [0.5, 0.6) is 0 Å². The zero-order valence-corrected chi connectivity index (χ0v) is 11.3. The Morgan fingerprint density at radius 2 is 2.27 bits per heavy atom. The van der Waals surface area contributed by atoms with Crippen molar-refractivity contribution in [3.63, 3.8) is 0 Å². The smallest absolute Gasteiger partial charge is 0.0412 e. The maximum atomic E-state index is 5.92. The minimum absolute atomic E-state index is 0.376. The first kappa shape index (κ1) is 12.8. The van der Waals surface area contributed by atoms with Crippen LogP contribution in [0.1, 0.15) is 19.4 Å². The van der Waals surface area contributed by atoms with Gasteiger partial charge >= 0.3 is 0 Å². The van der Waals surface area contributed by atoms with Gasteiger partial charge in [0.1, 0.15) is 0 Å². The highest BCUT2D eigenvalue weighted by Gasteiger charge is 1.98. The predicted octanol–water partition coefficient (Wildman–Crippen LogP) is 4.11. The SMILES string of the molecule is CCNC(C)/C=C/c1cc(Cl)ccc1Br. The Labute approximate surface area is 105 Å². The average Bonchev–Trinajstić information content (AvgIpc) is 2.20. The van der Waals surface area contributed by atoms with Crippen LogP contribution in [0.4, 0.5) is 0 Å². The van der Waals surface area contributed by atoms with E-state index in [-0.39, 0.29) is 0 Å². The summed E-state index contributed by atoms with van der Waals surface area (Å²) in [4.78, 5) is 0. The highest BCUT2D eigenvalue weighted by molar-refractivity contribution is 9.10. The first-order valence-corrected chi connectivity index (χ1v) is 6.17. The molecule has 1 unspecified atom stereocenters. The van der Waals surface area contributed by atoms with Gasteiger partial charge in [0.05, 0.1) is 0 Å². The van der Waals surface area contributed by atoms with E-state index in [0.717, 1.165) is 21.6 Å². The lowest BCUT2D eigenvalue weighted by Crippen LogP contribution is -2.22. The molecular formula is C12H15BrClN. The molecule has 15 heavy (non-hydrogen) atoms. The summed E-state index contributed by atoms with van der Waals surface area (Å²) in [6.07, 6.45) is 4.20. The minimum Gasteiger partial charge on any atom is -0.311 e. The fourth-order valence-corrected chi connectivity index (χ4v) is 1.84. The van der Waals surface area contributed by atoms with Crippen LogP contribution in [-0.4, -0.2) is 12.6 Å². The average molecular weight is 289 g/mol. The zero-order chi connectivity index (χ0) is 11.3. The molecule has 0 aliphatic carbocycles. The quantitative estimate of drug-likeness (QED) is 0.879. The van der Waals surface area contributed by atoms with E-state index < -0.39 is 0 Å². The third kappa shape index (κ3) is 4.37. The van der Waals surface area contributed by atoms with Gasteiger partial charge in [0.2, 0.25) is 0 Å². The van der Waals surface area contributed by atoms with Crippen LogP contribution in [0.15, 0.2) is 28.7 Å². The van der Waals surface area contributed by atoms with Gasteiger partial charge in [-0.25, -0.2) is 0 Å². The van der Waals surface area contributed by atoms with E-state index in [1.54, 1.807) is 0 Å². The second kappa shape index (κ2) is 6.31. The summed E-state index contributed by atoms with van der Waals surface area (Å²) in [6.45, 7) is 5.19. The lowest BCUT2D eigenvalue weighted by molar-refractivity contribution is 0.663. The maximum absolute atomic E-state index is 5.92. The topological polar surface area (TPSA) is 12.0 Å². The van der Waals surface area contributed by atoms with Crippen LogP contribution in [0, 0.1) is 0 Å². The standard InChI is InChI=1S/C12H15BrClN/c1-3-15-9(2)4-5-10-8-11(14)6-7-12(10)13/h4-9,15H,3H2,1-2H3/b5-4+. The summed E-state index contributed by atoms with van der Waals surface area (Å²) in [6, 6.07) is 6.15. The molecule has 0 aliphatic rings. The maximum Gasteiger partial charge on any atom is 0.0412 e. The number of halogens is 2. The van der Waals surface area contributed by atoms with Crippen molar-refractivity contribution in [2.24, 2.45) is 0 Å². The van der Waals surface area contributed by atoms with Crippen molar-refractivity contribution in [2.75, 3.05) is 6.54 Å². The molecule has 0 spiro atoms. The molecule has 82 valence electrons. The number of likely N-dealkylation sites (N-methyl/N-ethyl adjacent to an activating group) is 1. The van der Waals surface area contributed by atoms with Crippen LogP contribution >= 0.6 is 27.5 Å². The van der Waals surface area contributed by atoms with Gasteiger partial charge in [-0.3, -0.25) is 0 Å². The number of rotatable bonds is 4. The van der Waals surface area contributed by atoms with Crippen LogP contribution in [0.25, 0.3) is 6.08 Å². The molecule has 1 atom stereocenters. The molecule has 1 N–H and O–H groups in total. The van der Waals surface area contributed by atoms with Crippen molar-refractivity contribution in [3.8, 4) is 0 Å². The van der Waals surface area contributed by atoms with Crippen LogP contribution in [0.3, 0.4) is 0 Å². The third-order valence-electron chi connectivity index (χ3n) is 2.05. The lowest BCUT2D eigenvalue weighted by Gasteiger charge is -2.06. The molecule has 0 amide bonds. The Balaban J connectivity index is 2.75. The van der Waals surface area contributed by atoms with E-state index in [1.165, 1.54) is 0 Å². The Morgan fingerprint density at radius 3 is 2.93 bits per heavy atom. The normalized spacial score (nSPS) is 13.3. The van der Waals surface area contributed by atoms with Gasteiger partial charge in [0.15, 0.2) is 0 Å². The Kier molecular flexibility index (Phi) is 5.37. The van der Waals surface area contributed by atoms with E-state index in [1.807, 2.05) is 18.2 Å². The highest BCUT2D eigenvalue weighted by atomic mass is 79.9. The van der Waals surface area contributed by atoms with Gasteiger partial charge in [-0.2, -0.15) is 0 Å². The molecule has 0 saturated carbocycles. The van der Waals surface area contributed by atoms with Crippen molar-refractivity contribution in [3.05, 3.63) is 39.3 Å². The highest BCUT2D eigenvalue weighted by Crippen LogP contribution is 2.22. The Hall–Kier alpha value is -0.310. The van der Waals surface area contributed by atoms with E-state index in [0.29, 0.717) is 6.04 Å². The van der Waals surface area contributed by atoms with Crippen molar-refractivity contribution >= 4 is 33.6 Å². The summed E-state index contributed by atoms with van der Waals surface area (Å²) in [5.41, 5.74) is 1.10. The monoisotopic (exact) mass is 287 g/mol. The third-order valence-corrected chi connectivity index (χ3v) is 3.01. The molecular weight excluding hydrogens is 273 g/mol. The van der Waals surface area contributed by atoms with Crippen molar-refractivity contribution in [1.82, 2.24) is 5.32 Å². The molecule has 0 fully saturated rings. The fourth-order valence-electron chi connectivity index (χ4n) is 1.28. The van der Waals surface area contributed by atoms with E-state index in [9.17, 15) is 0 Å². The minimum atomic E-state index is 0.376. The molecule has 1 nitrogen and oxygen atoms in total. The number of benzene rings is 1. The van der Waals surface area contributed by atoms with Crippen molar-refractivity contribution < 1.29 is 0 Å². The van der Waals surface area contributed by atoms with Crippen LogP contribution in [0.2, 0.25) is 5.02 Å². The second-order valence-corrected chi connectivity index (χ2v) is 4.66. The van der Waals surface area contributed by atoms with Gasteiger partial charge in [-0.05, 0) is 37.2 Å². The summed E-state index contributed by atoms with van der Waals surface area (Å²) < 4.78 is 1.06. The van der Waals surface area contributed by atoms with E-state index in [2.05, 4.69) is 47.2 Å². The van der Waals surface area contributed by atoms with Gasteiger partial charge in [-0.1, -0.05) is 46.6 Å². The summed E-state index contributed by atoms with van der Waals surface area (Å²) in [5.74, 6) is 0. The first-order chi connectivity index (χ1) is 7.13. The van der Waals surface area contributed by atoms with Crippen LogP contribution in [-0.2, 0) is 0 Å². The summed E-state index contributed by atoms with van der Waals surface area (Å²) in [5, 5.41) is 4.07. The molecule has 1 rings (SSSR count). The largest absolute Gasteiger partial charge is 0.311 e. The Bertz CT molecular complexity index is 349. The molecule has 1 aromatic carbocycles. The second-order valence-electron chi connectivity index (χ2n) is 3.37. The molecule has 3 heteroatoms. The number of hydrogen-bond donors (Lipinski definition) is 1. The predicted molar refractivity (Wildman–Crippen MR) is 71.3 cm³/mol. The summed E-state index contributed by atoms with van der Waals surface area (Å²) >= 11 is 9.41. The Morgan fingerprint density at radius 1 is 1.53 bits per heavy atom. The van der Waals surface area contributed by atoms with Gasteiger partial charge in [0.25, 0.3) is 0 Å². The summed E-state index contributed by atoms with van der Waals surface area (Å²) in [7, 11) is 0. The molecule has 0 aromatic heterocycles. The van der Waals surface area contributed by atoms with E-state index >= 15 is 0 Å². The van der Waals surface area contributed by atoms with E-state index in [4.69, 9.17) is 11.6 Å². The molecule has 0 saturated heterocycles. The van der Waals surface area contributed by atoms with Crippen LogP contribution < -0.4 is 5.32 Å². The van der Waals surface area contributed by atoms with Gasteiger partial charge in [-0.15, -0.1) is 0 Å². The lowest BCUT2D eigenvalue weighted by atomic mass is 10.2. The molecule has 0 radical (unpaired) electrons. The molecule has 0 bridgehead atoms. The molecule has 0 heterocycles. The number of nitrogens with one attached hydrogen (secondary N) is 1. The zero-order valence-electron chi connectivity index (χ0n) is 8.93. The van der Waals surface area contributed by atoms with Gasteiger partial charge < -0.3 is 5.32 Å². The molecule has 0 aliphatic heterocycles. The molecule has 1 aromatic rings. The van der Waals surface area contributed by atoms with Gasteiger partial charge in [0, 0.05) is 15.5 Å². The first-order valence-electron chi connectivity index (χ1n) is 5.00.